The van der Waals surface area contributed by atoms with Crippen LogP contribution in [0.2, 0.25) is 0 Å². The molecule has 1 saturated heterocycles. The molecule has 3 N–H and O–H groups in total. The quantitative estimate of drug-likeness (QED) is 0.331. The van der Waals surface area contributed by atoms with Crippen molar-refractivity contribution in [2.45, 2.75) is 25.3 Å². The number of likely N-dealkylation sites (tertiary alicyclic amines) is 1. The molecule has 0 saturated carbocycles. The summed E-state index contributed by atoms with van der Waals surface area (Å²) >= 11 is 0. The molecule has 0 bridgehead atoms. The van der Waals surface area contributed by atoms with Gasteiger partial charge in [-0.05, 0) is 71.2 Å². The molecule has 1 fully saturated rings. The Balaban J connectivity index is 1.67. The Morgan fingerprint density at radius 2 is 2.00 bits per heavy atom. The highest BCUT2D eigenvalue weighted by Gasteiger charge is 2.22. The molecule has 0 aliphatic carbocycles. The maximum absolute atomic E-state index is 12.3. The van der Waals surface area contributed by atoms with Crippen molar-refractivity contribution in [2.75, 3.05) is 95.5 Å². The second-order valence-corrected chi connectivity index (χ2v) is 10.8. The number of nitrogens with zero attached hydrogens (tertiary/aromatic N) is 5. The maximum Gasteiger partial charge on any atom is 0.247 e. The van der Waals surface area contributed by atoms with Crippen molar-refractivity contribution >= 4 is 40.3 Å². The van der Waals surface area contributed by atoms with E-state index < -0.39 is 0 Å². The molecule has 41 heavy (non-hydrogen) atoms. The second-order valence-electron chi connectivity index (χ2n) is 10.8. The van der Waals surface area contributed by atoms with Gasteiger partial charge < -0.3 is 40.1 Å². The second kappa shape index (κ2) is 14.3. The average Bonchev–Trinajstić information content (AvgIpc) is 2.97. The molecule has 222 valence electrons. The Morgan fingerprint density at radius 1 is 1.22 bits per heavy atom. The highest BCUT2D eigenvalue weighted by atomic mass is 16.5. The van der Waals surface area contributed by atoms with Crippen LogP contribution in [0.3, 0.4) is 0 Å². The molecule has 2 aliphatic heterocycles. The van der Waals surface area contributed by atoms with Crippen LogP contribution < -0.4 is 25.6 Å². The van der Waals surface area contributed by atoms with E-state index in [1.807, 2.05) is 39.5 Å². The summed E-state index contributed by atoms with van der Waals surface area (Å²) < 4.78 is 11.3. The third kappa shape index (κ3) is 8.18. The van der Waals surface area contributed by atoms with Gasteiger partial charge in [-0.3, -0.25) is 4.79 Å². The third-order valence-electron chi connectivity index (χ3n) is 7.46. The molecular weight excluding hydrogens is 520 g/mol. The Bertz CT molecular complexity index is 1240. The highest BCUT2D eigenvalue weighted by Crippen LogP contribution is 2.38. The molecule has 1 aromatic heterocycles. The van der Waals surface area contributed by atoms with E-state index in [1.54, 1.807) is 7.11 Å². The number of ether oxygens (including phenoxy) is 2. The number of amides is 1. The zero-order chi connectivity index (χ0) is 29.4. The summed E-state index contributed by atoms with van der Waals surface area (Å²) in [6, 6.07) is 4.10. The normalized spacial score (nSPS) is 16.2. The van der Waals surface area contributed by atoms with Crippen molar-refractivity contribution < 1.29 is 14.3 Å². The number of benzene rings is 1. The van der Waals surface area contributed by atoms with Crippen LogP contribution in [0, 0.1) is 0 Å². The van der Waals surface area contributed by atoms with E-state index in [0.717, 1.165) is 62.5 Å². The minimum Gasteiger partial charge on any atom is -0.494 e. The molecule has 0 unspecified atom stereocenters. The molecule has 1 amide bonds. The molecule has 1 aromatic carbocycles. The van der Waals surface area contributed by atoms with Gasteiger partial charge in [-0.1, -0.05) is 12.7 Å². The molecule has 0 spiro atoms. The van der Waals surface area contributed by atoms with Crippen LogP contribution >= 0.6 is 0 Å². The Hall–Kier alpha value is -3.67. The van der Waals surface area contributed by atoms with E-state index >= 15 is 0 Å². The molecule has 0 radical (unpaired) electrons. The van der Waals surface area contributed by atoms with Crippen molar-refractivity contribution in [2.24, 2.45) is 0 Å². The van der Waals surface area contributed by atoms with Crippen molar-refractivity contribution in [3.63, 3.8) is 0 Å². The smallest absolute Gasteiger partial charge is 0.247 e. The van der Waals surface area contributed by atoms with Gasteiger partial charge in [0, 0.05) is 44.0 Å². The SMILES string of the molecule is C=CC(=O)Nc1cc(Nc2ncc(C3=CCOCC3)c(NC3CCN(C)CC3)n2)c(OC)cc1N(C)CCN(C)C. The Labute approximate surface area is 243 Å². The summed E-state index contributed by atoms with van der Waals surface area (Å²) in [6.45, 7) is 8.59. The predicted molar refractivity (Wildman–Crippen MR) is 167 cm³/mol. The maximum atomic E-state index is 12.3. The van der Waals surface area contributed by atoms with E-state index in [-0.39, 0.29) is 5.91 Å². The summed E-state index contributed by atoms with van der Waals surface area (Å²) in [5, 5.41) is 9.99. The van der Waals surface area contributed by atoms with Gasteiger partial charge in [0.1, 0.15) is 11.6 Å². The number of hydrogen-bond acceptors (Lipinski definition) is 10. The molecule has 4 rings (SSSR count). The summed E-state index contributed by atoms with van der Waals surface area (Å²) in [6.07, 6.45) is 8.16. The molecular formula is C30H44N8O3. The number of aromatic nitrogens is 2. The lowest BCUT2D eigenvalue weighted by atomic mass is 10.0. The molecule has 0 atom stereocenters. The highest BCUT2D eigenvalue weighted by molar-refractivity contribution is 6.02. The van der Waals surface area contributed by atoms with Gasteiger partial charge in [-0.15, -0.1) is 0 Å². The lowest BCUT2D eigenvalue weighted by molar-refractivity contribution is -0.111. The minimum atomic E-state index is -0.293. The first kappa shape index (κ1) is 30.3. The third-order valence-corrected chi connectivity index (χ3v) is 7.46. The van der Waals surface area contributed by atoms with Crippen LogP contribution in [-0.4, -0.2) is 106 Å². The fraction of sp³-hybridized carbons (Fsp3) is 0.500. The topological polar surface area (TPSA) is 107 Å². The summed E-state index contributed by atoms with van der Waals surface area (Å²) in [7, 11) is 9.83. The fourth-order valence-electron chi connectivity index (χ4n) is 4.93. The Morgan fingerprint density at radius 3 is 2.66 bits per heavy atom. The lowest BCUT2D eigenvalue weighted by Gasteiger charge is -2.30. The first-order valence-electron chi connectivity index (χ1n) is 14.1. The van der Waals surface area contributed by atoms with Crippen LogP contribution in [-0.2, 0) is 9.53 Å². The molecule has 3 heterocycles. The van der Waals surface area contributed by atoms with Gasteiger partial charge in [0.25, 0.3) is 0 Å². The number of rotatable bonds is 12. The fourth-order valence-corrected chi connectivity index (χ4v) is 4.93. The number of methoxy groups -OCH3 is 1. The van der Waals surface area contributed by atoms with Crippen molar-refractivity contribution in [1.82, 2.24) is 19.8 Å². The monoisotopic (exact) mass is 564 g/mol. The largest absolute Gasteiger partial charge is 0.494 e. The molecule has 2 aromatic rings. The number of piperidine rings is 1. The number of nitrogens with one attached hydrogen (secondary N) is 3. The van der Waals surface area contributed by atoms with E-state index in [0.29, 0.717) is 42.3 Å². The standard InChI is InChI=1S/C30H44N8O3/c1-7-28(39)33-24-18-25(27(40-6)19-26(24)38(5)15-14-36(2)3)34-30-31-20-23(21-10-16-41-17-11-21)29(35-30)32-22-8-12-37(4)13-9-22/h7,10,18-20,22H,1,8-9,11-17H2,2-6H3,(H,33,39)(H2,31,32,34,35). The van der Waals surface area contributed by atoms with Crippen LogP contribution in [0.1, 0.15) is 24.8 Å². The zero-order valence-corrected chi connectivity index (χ0v) is 25.0. The summed E-state index contributed by atoms with van der Waals surface area (Å²) in [4.78, 5) is 28.5. The number of likely N-dealkylation sites (N-methyl/N-ethyl adjacent to an activating group) is 2. The average molecular weight is 565 g/mol. The first-order chi connectivity index (χ1) is 19.8. The van der Waals surface area contributed by atoms with Crippen molar-refractivity contribution in [3.8, 4) is 5.75 Å². The summed E-state index contributed by atoms with van der Waals surface area (Å²) in [5.41, 5.74) is 4.29. The number of carbonyl (C=O) groups excluding carboxylic acids is 1. The number of anilines is 5. The van der Waals surface area contributed by atoms with Gasteiger partial charge >= 0.3 is 0 Å². The van der Waals surface area contributed by atoms with Crippen molar-refractivity contribution in [1.29, 1.82) is 0 Å². The van der Waals surface area contributed by atoms with E-state index in [1.165, 1.54) is 11.6 Å². The molecule has 11 heteroatoms. The zero-order valence-electron chi connectivity index (χ0n) is 25.0. The van der Waals surface area contributed by atoms with E-state index in [4.69, 9.17) is 14.5 Å². The van der Waals surface area contributed by atoms with Crippen molar-refractivity contribution in [3.05, 3.63) is 42.6 Å². The Kier molecular flexibility index (Phi) is 10.6. The van der Waals surface area contributed by atoms with Crippen LogP contribution in [0.4, 0.5) is 28.8 Å². The molecule has 11 nitrogen and oxygen atoms in total. The van der Waals surface area contributed by atoms with Gasteiger partial charge in [0.15, 0.2) is 0 Å². The van der Waals surface area contributed by atoms with Gasteiger partial charge in [0.2, 0.25) is 11.9 Å². The van der Waals surface area contributed by atoms with Gasteiger partial charge in [-0.25, -0.2) is 4.98 Å². The predicted octanol–water partition coefficient (Wildman–Crippen LogP) is 3.66. The van der Waals surface area contributed by atoms with E-state index in [9.17, 15) is 4.79 Å². The molecule has 2 aliphatic rings. The van der Waals surface area contributed by atoms with Gasteiger partial charge in [-0.2, -0.15) is 4.98 Å². The van der Waals surface area contributed by atoms with E-state index in [2.05, 4.69) is 55.3 Å². The van der Waals surface area contributed by atoms with Crippen LogP contribution in [0.25, 0.3) is 5.57 Å². The number of hydrogen-bond donors (Lipinski definition) is 3. The van der Waals surface area contributed by atoms with Crippen LogP contribution in [0.15, 0.2) is 37.1 Å². The first-order valence-corrected chi connectivity index (χ1v) is 14.1. The minimum absolute atomic E-state index is 0.293. The van der Waals surface area contributed by atoms with Gasteiger partial charge in [0.05, 0.1) is 37.4 Å². The lowest BCUT2D eigenvalue weighted by Crippen LogP contribution is -2.37. The number of carbonyl (C=O) groups is 1. The summed E-state index contributed by atoms with van der Waals surface area (Å²) in [5.74, 6) is 1.56. The van der Waals surface area contributed by atoms with Crippen LogP contribution in [0.5, 0.6) is 5.75 Å².